The van der Waals surface area contributed by atoms with Gasteiger partial charge in [-0.15, -0.1) is 0 Å². The number of Topliss-reactive ketones (excluding diaryl/α,β-unsaturated/α-hetero) is 2. The summed E-state index contributed by atoms with van der Waals surface area (Å²) >= 11 is 0. The molecule has 3 N–H and O–H groups in total. The molecule has 0 radical (unpaired) electrons. The Balaban J connectivity index is 1.25. The molecule has 5 aromatic rings. The van der Waals surface area contributed by atoms with Gasteiger partial charge in [-0.2, -0.15) is 5.26 Å². The molecule has 1 aromatic heterocycles. The minimum absolute atomic E-state index is 0.000729. The maximum Gasteiger partial charge on any atom is 0.342 e. The van der Waals surface area contributed by atoms with Crippen LogP contribution in [0.4, 0.5) is 17.1 Å². The van der Waals surface area contributed by atoms with Gasteiger partial charge in [-0.05, 0) is 73.0 Å². The van der Waals surface area contributed by atoms with Gasteiger partial charge < -0.3 is 39.6 Å². The number of amides is 3. The van der Waals surface area contributed by atoms with Gasteiger partial charge in [0.1, 0.15) is 31.1 Å². The van der Waals surface area contributed by atoms with E-state index in [0.29, 0.717) is 11.1 Å². The number of pyridine rings is 1. The van der Waals surface area contributed by atoms with Gasteiger partial charge in [-0.25, -0.2) is 9.78 Å². The number of hydrogen-bond donors (Lipinski definition) is 3. The van der Waals surface area contributed by atoms with E-state index in [4.69, 9.17) is 23.7 Å². The number of carbonyl (C=O) groups excluding carboxylic acids is 6. The number of carbonyl (C=O) groups is 6. The first kappa shape index (κ1) is 52.9. The van der Waals surface area contributed by atoms with Crippen molar-refractivity contribution >= 4 is 58.4 Å². The third-order valence-corrected chi connectivity index (χ3v) is 10.6. The summed E-state index contributed by atoms with van der Waals surface area (Å²) in [6, 6.07) is 24.9. The Hall–Kier alpha value is -9.10. The Kier molecular flexibility index (Phi) is 19.3. The summed E-state index contributed by atoms with van der Waals surface area (Å²) in [5.41, 5.74) is 4.10. The van der Waals surface area contributed by atoms with Crippen molar-refractivity contribution in [3.63, 3.8) is 0 Å². The van der Waals surface area contributed by atoms with Crippen LogP contribution in [0.1, 0.15) is 78.0 Å². The van der Waals surface area contributed by atoms with Crippen LogP contribution in [-0.4, -0.2) is 74.3 Å². The Morgan fingerprint density at radius 1 is 0.704 bits per heavy atom. The summed E-state index contributed by atoms with van der Waals surface area (Å²) < 4.78 is 28.1. The number of nitrogens with zero attached hydrogens (tertiary/aromatic N) is 2. The minimum atomic E-state index is -1.00. The molecule has 4 aromatic carbocycles. The number of ether oxygens (including phenoxy) is 5. The first-order valence-electron chi connectivity index (χ1n) is 22.1. The molecule has 364 valence electrons. The molecule has 1 atom stereocenters. The van der Waals surface area contributed by atoms with Crippen LogP contribution >= 0.6 is 0 Å². The lowest BCUT2D eigenvalue weighted by Gasteiger charge is -2.20. The summed E-state index contributed by atoms with van der Waals surface area (Å²) in [6.45, 7) is 14.5. The number of methoxy groups -OCH3 is 2. The largest absolute Gasteiger partial charge is 0.491 e. The lowest BCUT2D eigenvalue weighted by Crippen LogP contribution is -2.25. The number of aromatic nitrogens is 1. The predicted octanol–water partition coefficient (Wildman–Crippen LogP) is 9.34. The van der Waals surface area contributed by atoms with Crippen LogP contribution in [0.3, 0.4) is 0 Å². The zero-order valence-corrected chi connectivity index (χ0v) is 39.8. The minimum Gasteiger partial charge on any atom is -0.491 e. The lowest BCUT2D eigenvalue weighted by molar-refractivity contribution is -0.119. The van der Waals surface area contributed by atoms with Gasteiger partial charge >= 0.3 is 5.97 Å². The average Bonchev–Trinajstić information content (AvgIpc) is 3.37. The molecule has 0 saturated heterocycles. The molecular weight excluding hydrogens is 907 g/mol. The number of esters is 1. The molecule has 0 bridgehead atoms. The topological polar surface area (TPSA) is 221 Å². The van der Waals surface area contributed by atoms with Crippen LogP contribution in [0.5, 0.6) is 23.0 Å². The molecule has 0 saturated carbocycles. The van der Waals surface area contributed by atoms with E-state index in [1.807, 2.05) is 43.3 Å². The number of ketones is 2. The quantitative estimate of drug-likeness (QED) is 0.0215. The fourth-order valence-corrected chi connectivity index (χ4v) is 6.91. The number of rotatable bonds is 25. The number of hydrogen-bond acceptors (Lipinski definition) is 13. The average molecular weight is 960 g/mol. The molecule has 16 nitrogen and oxygen atoms in total. The fourth-order valence-electron chi connectivity index (χ4n) is 6.91. The first-order chi connectivity index (χ1) is 34.2. The number of nitriles is 1. The first-order valence-corrected chi connectivity index (χ1v) is 22.1. The highest BCUT2D eigenvalue weighted by molar-refractivity contribution is 6.10. The molecule has 0 fully saturated rings. The molecule has 0 aliphatic carbocycles. The number of nitrogens with one attached hydrogen (secondary N) is 3. The number of anilines is 3. The van der Waals surface area contributed by atoms with E-state index in [9.17, 15) is 34.0 Å². The maximum atomic E-state index is 13.9. The van der Waals surface area contributed by atoms with Crippen LogP contribution in [-0.2, 0) is 20.7 Å². The lowest BCUT2D eigenvalue weighted by atomic mass is 9.94. The third kappa shape index (κ3) is 14.2. The van der Waals surface area contributed by atoms with Crippen molar-refractivity contribution in [3.05, 3.63) is 174 Å². The molecular formula is C55H53N5O11. The molecule has 71 heavy (non-hydrogen) atoms. The van der Waals surface area contributed by atoms with Crippen LogP contribution < -0.4 is 34.9 Å². The van der Waals surface area contributed by atoms with E-state index in [0.717, 1.165) is 16.7 Å². The Bertz CT molecular complexity index is 2880. The fraction of sp³-hybridized carbons (Fsp3) is 0.200. The summed E-state index contributed by atoms with van der Waals surface area (Å²) in [7, 11) is 2.66. The van der Waals surface area contributed by atoms with Crippen molar-refractivity contribution in [1.29, 1.82) is 5.26 Å². The molecule has 1 heterocycles. The van der Waals surface area contributed by atoms with Crippen LogP contribution in [0.15, 0.2) is 135 Å². The second-order valence-corrected chi connectivity index (χ2v) is 15.7. The summed E-state index contributed by atoms with van der Waals surface area (Å²) in [5, 5.41) is 17.6. The monoisotopic (exact) mass is 959 g/mol. The van der Waals surface area contributed by atoms with E-state index in [1.54, 1.807) is 31.2 Å². The summed E-state index contributed by atoms with van der Waals surface area (Å²) in [4.78, 5) is 84.1. The Morgan fingerprint density at radius 2 is 1.30 bits per heavy atom. The zero-order valence-electron chi connectivity index (χ0n) is 39.8. The van der Waals surface area contributed by atoms with E-state index < -0.39 is 29.6 Å². The highest BCUT2D eigenvalue weighted by atomic mass is 16.5. The summed E-state index contributed by atoms with van der Waals surface area (Å²) in [6.07, 6.45) is 7.06. The second kappa shape index (κ2) is 25.9. The smallest absolute Gasteiger partial charge is 0.342 e. The normalized spacial score (nSPS) is 11.1. The number of allylic oxidation sites excluding steroid dienone is 1. The molecule has 0 aliphatic heterocycles. The highest BCUT2D eigenvalue weighted by Gasteiger charge is 2.27. The van der Waals surface area contributed by atoms with Crippen molar-refractivity contribution in [2.24, 2.45) is 5.92 Å². The molecule has 0 aliphatic rings. The van der Waals surface area contributed by atoms with E-state index in [1.165, 1.54) is 75.0 Å². The van der Waals surface area contributed by atoms with Crippen molar-refractivity contribution < 1.29 is 52.5 Å². The summed E-state index contributed by atoms with van der Waals surface area (Å²) in [5.74, 6) is -4.15. The van der Waals surface area contributed by atoms with Gasteiger partial charge in [0, 0.05) is 24.8 Å². The van der Waals surface area contributed by atoms with Crippen LogP contribution in [0, 0.1) is 24.2 Å². The molecule has 0 spiro atoms. The van der Waals surface area contributed by atoms with Gasteiger partial charge in [-0.3, -0.25) is 24.0 Å². The van der Waals surface area contributed by atoms with Crippen LogP contribution in [0.25, 0.3) is 6.08 Å². The van der Waals surface area contributed by atoms with Gasteiger partial charge in [0.15, 0.2) is 34.6 Å². The highest BCUT2D eigenvalue weighted by Crippen LogP contribution is 2.42. The Morgan fingerprint density at radius 3 is 1.86 bits per heavy atom. The molecule has 3 amide bonds. The van der Waals surface area contributed by atoms with Crippen molar-refractivity contribution in [2.45, 2.75) is 33.1 Å². The predicted molar refractivity (Wildman–Crippen MR) is 269 cm³/mol. The second-order valence-electron chi connectivity index (χ2n) is 15.7. The van der Waals surface area contributed by atoms with Gasteiger partial charge in [0.05, 0.1) is 55.0 Å². The molecule has 5 rings (SSSR count). The third-order valence-electron chi connectivity index (χ3n) is 10.6. The number of benzene rings is 4. The van der Waals surface area contributed by atoms with Gasteiger partial charge in [0.25, 0.3) is 11.8 Å². The van der Waals surface area contributed by atoms with Gasteiger partial charge in [-0.1, -0.05) is 92.1 Å². The van der Waals surface area contributed by atoms with Crippen LogP contribution in [0.2, 0.25) is 0 Å². The van der Waals surface area contributed by atoms with Crippen molar-refractivity contribution in [1.82, 2.24) is 4.98 Å². The SMILES string of the molecule is C=CCOC(=O)c1ccc(NC(=O)c2ccc(NC(=O)c3ccc(NC(=O)[C@H](CC#N)CC(=O)c4ccc(CC(=O)/C(C)=C/c5ccc(C)cc5)cc4)cn3)c(OC)c2OCC=C)c(OC)c1OCC=C. The maximum absolute atomic E-state index is 13.9. The van der Waals surface area contributed by atoms with Crippen molar-refractivity contribution in [3.8, 4) is 29.1 Å². The van der Waals surface area contributed by atoms with Gasteiger partial charge in [0.2, 0.25) is 5.91 Å². The zero-order chi connectivity index (χ0) is 51.5. The van der Waals surface area contributed by atoms with E-state index >= 15 is 0 Å². The standard InChI is InChI=1S/C55H53N5O11/c1-8-27-69-48-41(53(64)59-43-24-21-42(55(66)71-29-10-3)49(51(43)68-7)70-28-9-2)20-23-44(50(48)67-6)60-54(65)45-22-19-40(33-57-45)58-52(63)39(25-26-56)32-47(62)38-17-15-37(16-18-38)31-46(61)35(5)30-36-13-11-34(4)12-14-36/h8-24,30,33,39H,1-3,25,27-29,31-32H2,4-7H3,(H,58,63)(H,59,64)(H,60,65)/b35-30+/t39-/m1/s1. The number of aryl methyl sites for hydroxylation is 1. The Labute approximate surface area is 411 Å². The molecule has 16 heteroatoms. The van der Waals surface area contributed by atoms with E-state index in [2.05, 4.69) is 40.7 Å². The van der Waals surface area contributed by atoms with Crippen molar-refractivity contribution in [2.75, 3.05) is 50.0 Å². The van der Waals surface area contributed by atoms with E-state index in [-0.39, 0.29) is 108 Å². The molecule has 0 unspecified atom stereocenters.